The van der Waals surface area contributed by atoms with E-state index in [1.807, 2.05) is 26.0 Å². The predicted octanol–water partition coefficient (Wildman–Crippen LogP) is 1.43. The van der Waals surface area contributed by atoms with Crippen molar-refractivity contribution < 1.29 is 4.74 Å². The van der Waals surface area contributed by atoms with Crippen LogP contribution < -0.4 is 5.73 Å². The molecule has 2 N–H and O–H groups in total. The van der Waals surface area contributed by atoms with Crippen molar-refractivity contribution in [1.82, 2.24) is 4.98 Å². The monoisotopic (exact) mass is 180 g/mol. The number of pyridine rings is 1. The first-order valence-electron chi connectivity index (χ1n) is 4.50. The molecule has 3 nitrogen and oxygen atoms in total. The molecule has 0 aliphatic rings. The van der Waals surface area contributed by atoms with Gasteiger partial charge in [0.25, 0.3) is 0 Å². The van der Waals surface area contributed by atoms with Gasteiger partial charge in [0.05, 0.1) is 18.3 Å². The maximum Gasteiger partial charge on any atom is 0.0710 e. The van der Waals surface area contributed by atoms with E-state index in [1.165, 1.54) is 0 Å². The molecule has 0 radical (unpaired) electrons. The normalized spacial score (nSPS) is 12.8. The van der Waals surface area contributed by atoms with Gasteiger partial charge >= 0.3 is 0 Å². The molecule has 1 heterocycles. The number of nitrogens with zero attached hydrogens (tertiary/aromatic N) is 1. The summed E-state index contributed by atoms with van der Waals surface area (Å²) in [5.41, 5.74) is 7.94. The van der Waals surface area contributed by atoms with Crippen LogP contribution in [0.2, 0.25) is 0 Å². The summed E-state index contributed by atoms with van der Waals surface area (Å²) in [6.45, 7) is 5.19. The molecule has 1 atom stereocenters. The molecule has 0 spiro atoms. The van der Waals surface area contributed by atoms with Crippen LogP contribution in [0.4, 0.5) is 0 Å². The highest BCUT2D eigenvalue weighted by atomic mass is 16.5. The number of rotatable bonds is 4. The fourth-order valence-electron chi connectivity index (χ4n) is 1.21. The zero-order valence-electron chi connectivity index (χ0n) is 8.16. The van der Waals surface area contributed by atoms with Gasteiger partial charge in [-0.2, -0.15) is 0 Å². The zero-order chi connectivity index (χ0) is 9.68. The minimum atomic E-state index is -0.110. The van der Waals surface area contributed by atoms with Crippen molar-refractivity contribution in [3.63, 3.8) is 0 Å². The van der Waals surface area contributed by atoms with Gasteiger partial charge in [-0.15, -0.1) is 0 Å². The summed E-state index contributed by atoms with van der Waals surface area (Å²) in [6, 6.07) is 3.81. The van der Waals surface area contributed by atoms with Gasteiger partial charge < -0.3 is 10.5 Å². The number of nitrogens with two attached hydrogens (primary N) is 1. The molecular formula is C10H16N2O. The molecule has 0 aliphatic carbocycles. The van der Waals surface area contributed by atoms with Gasteiger partial charge in [-0.3, -0.25) is 4.98 Å². The lowest BCUT2D eigenvalue weighted by molar-refractivity contribution is 0.132. The Labute approximate surface area is 78.9 Å². The third kappa shape index (κ3) is 2.79. The standard InChI is InChI=1S/C10H16N2O/c1-3-13-7-9(11)10-8(2)5-4-6-12-10/h4-6,9H,3,7,11H2,1-2H3. The van der Waals surface area contributed by atoms with E-state index in [4.69, 9.17) is 10.5 Å². The third-order valence-corrected chi connectivity index (χ3v) is 1.90. The van der Waals surface area contributed by atoms with Crippen molar-refractivity contribution in [2.75, 3.05) is 13.2 Å². The molecule has 0 aromatic carbocycles. The Balaban J connectivity index is 2.65. The number of hydrogen-bond acceptors (Lipinski definition) is 3. The molecule has 0 saturated heterocycles. The number of hydrogen-bond donors (Lipinski definition) is 1. The highest BCUT2D eigenvalue weighted by molar-refractivity contribution is 5.20. The smallest absolute Gasteiger partial charge is 0.0710 e. The molecule has 0 bridgehead atoms. The molecule has 3 heteroatoms. The van der Waals surface area contributed by atoms with Gasteiger partial charge in [-0.1, -0.05) is 6.07 Å². The highest BCUT2D eigenvalue weighted by Crippen LogP contribution is 2.11. The molecule has 72 valence electrons. The Kier molecular flexibility index (Phi) is 3.86. The van der Waals surface area contributed by atoms with E-state index in [0.29, 0.717) is 13.2 Å². The molecule has 0 amide bonds. The molecule has 0 aliphatic heterocycles. The van der Waals surface area contributed by atoms with Crippen LogP contribution in [-0.4, -0.2) is 18.2 Å². The molecule has 1 unspecified atom stereocenters. The van der Waals surface area contributed by atoms with Crippen LogP contribution in [0.15, 0.2) is 18.3 Å². The van der Waals surface area contributed by atoms with Crippen LogP contribution in [0, 0.1) is 6.92 Å². The molecule has 1 rings (SSSR count). The Bertz CT molecular complexity index is 263. The van der Waals surface area contributed by atoms with Crippen LogP contribution in [0.5, 0.6) is 0 Å². The average molecular weight is 180 g/mol. The zero-order valence-corrected chi connectivity index (χ0v) is 8.16. The summed E-state index contributed by atoms with van der Waals surface area (Å²) in [4.78, 5) is 4.23. The van der Waals surface area contributed by atoms with Gasteiger partial charge in [0.1, 0.15) is 0 Å². The Hall–Kier alpha value is -0.930. The SMILES string of the molecule is CCOCC(N)c1ncccc1C. The molecule has 1 aromatic rings. The van der Waals surface area contributed by atoms with Crippen molar-refractivity contribution in [2.45, 2.75) is 19.9 Å². The van der Waals surface area contributed by atoms with E-state index in [0.717, 1.165) is 11.3 Å². The summed E-state index contributed by atoms with van der Waals surface area (Å²) in [7, 11) is 0. The average Bonchev–Trinajstić information content (AvgIpc) is 2.15. The molecule has 0 fully saturated rings. The maximum atomic E-state index is 5.89. The van der Waals surface area contributed by atoms with Gasteiger partial charge in [0, 0.05) is 12.8 Å². The first-order chi connectivity index (χ1) is 6.25. The first kappa shape index (κ1) is 10.2. The molecule has 13 heavy (non-hydrogen) atoms. The molecular weight excluding hydrogens is 164 g/mol. The van der Waals surface area contributed by atoms with E-state index in [1.54, 1.807) is 6.20 Å². The summed E-state index contributed by atoms with van der Waals surface area (Å²) < 4.78 is 5.24. The lowest BCUT2D eigenvalue weighted by Crippen LogP contribution is -2.19. The van der Waals surface area contributed by atoms with Crippen molar-refractivity contribution in [1.29, 1.82) is 0 Å². The van der Waals surface area contributed by atoms with Crippen molar-refractivity contribution >= 4 is 0 Å². The second kappa shape index (κ2) is 4.94. The minimum Gasteiger partial charge on any atom is -0.380 e. The number of ether oxygens (including phenoxy) is 1. The highest BCUT2D eigenvalue weighted by Gasteiger charge is 2.09. The van der Waals surface area contributed by atoms with E-state index in [-0.39, 0.29) is 6.04 Å². The van der Waals surface area contributed by atoms with Crippen molar-refractivity contribution in [3.05, 3.63) is 29.6 Å². The second-order valence-corrected chi connectivity index (χ2v) is 2.97. The van der Waals surface area contributed by atoms with Crippen LogP contribution in [0.25, 0.3) is 0 Å². The summed E-state index contributed by atoms with van der Waals surface area (Å²) >= 11 is 0. The lowest BCUT2D eigenvalue weighted by Gasteiger charge is -2.12. The topological polar surface area (TPSA) is 48.1 Å². The second-order valence-electron chi connectivity index (χ2n) is 2.97. The van der Waals surface area contributed by atoms with Crippen molar-refractivity contribution in [3.8, 4) is 0 Å². The Morgan fingerprint density at radius 2 is 2.38 bits per heavy atom. The predicted molar refractivity (Wildman–Crippen MR) is 52.4 cm³/mol. The van der Waals surface area contributed by atoms with Gasteiger partial charge in [0.15, 0.2) is 0 Å². The van der Waals surface area contributed by atoms with E-state index >= 15 is 0 Å². The molecule has 1 aromatic heterocycles. The third-order valence-electron chi connectivity index (χ3n) is 1.90. The van der Waals surface area contributed by atoms with Gasteiger partial charge in [-0.25, -0.2) is 0 Å². The van der Waals surface area contributed by atoms with E-state index in [2.05, 4.69) is 4.98 Å². The van der Waals surface area contributed by atoms with E-state index < -0.39 is 0 Å². The largest absolute Gasteiger partial charge is 0.380 e. The first-order valence-corrected chi connectivity index (χ1v) is 4.50. The Morgan fingerprint density at radius 1 is 1.62 bits per heavy atom. The lowest BCUT2D eigenvalue weighted by atomic mass is 10.1. The molecule has 0 saturated carbocycles. The summed E-state index contributed by atoms with van der Waals surface area (Å²) in [5, 5.41) is 0. The van der Waals surface area contributed by atoms with Crippen molar-refractivity contribution in [2.24, 2.45) is 5.73 Å². The van der Waals surface area contributed by atoms with E-state index in [9.17, 15) is 0 Å². The number of aromatic nitrogens is 1. The van der Waals surface area contributed by atoms with Crippen LogP contribution in [-0.2, 0) is 4.74 Å². The van der Waals surface area contributed by atoms with Crippen LogP contribution in [0.1, 0.15) is 24.2 Å². The fraction of sp³-hybridized carbons (Fsp3) is 0.500. The number of aryl methyl sites for hydroxylation is 1. The fourth-order valence-corrected chi connectivity index (χ4v) is 1.21. The minimum absolute atomic E-state index is 0.110. The Morgan fingerprint density at radius 3 is 3.00 bits per heavy atom. The quantitative estimate of drug-likeness (QED) is 0.762. The van der Waals surface area contributed by atoms with Crippen LogP contribution in [0.3, 0.4) is 0 Å². The summed E-state index contributed by atoms with van der Waals surface area (Å²) in [6.07, 6.45) is 1.76. The maximum absolute atomic E-state index is 5.89. The van der Waals surface area contributed by atoms with Gasteiger partial charge in [-0.05, 0) is 25.5 Å². The van der Waals surface area contributed by atoms with Gasteiger partial charge in [0.2, 0.25) is 0 Å². The summed E-state index contributed by atoms with van der Waals surface area (Å²) in [5.74, 6) is 0. The van der Waals surface area contributed by atoms with Crippen LogP contribution >= 0.6 is 0 Å².